The predicted molar refractivity (Wildman–Crippen MR) is 95.8 cm³/mol. The number of benzene rings is 1. The lowest BCUT2D eigenvalue weighted by Gasteiger charge is -2.39. The molecule has 5 nitrogen and oxygen atoms in total. The number of hydrogen-bond acceptors (Lipinski definition) is 4. The minimum atomic E-state index is 0.0177. The second-order valence-electron chi connectivity index (χ2n) is 6.47. The van der Waals surface area contributed by atoms with Gasteiger partial charge in [0.2, 0.25) is 0 Å². The molecule has 25 heavy (non-hydrogen) atoms. The van der Waals surface area contributed by atoms with E-state index in [1.54, 1.807) is 12.4 Å². The number of aryl methyl sites for hydroxylation is 2. The van der Waals surface area contributed by atoms with E-state index in [4.69, 9.17) is 4.74 Å². The molecule has 126 valence electrons. The first-order valence-electron chi connectivity index (χ1n) is 8.34. The predicted octanol–water partition coefficient (Wildman–Crippen LogP) is 3.15. The van der Waals surface area contributed by atoms with Crippen molar-refractivity contribution in [2.45, 2.75) is 20.0 Å². The van der Waals surface area contributed by atoms with E-state index in [-0.39, 0.29) is 12.0 Å². The van der Waals surface area contributed by atoms with Crippen LogP contribution in [0.2, 0.25) is 0 Å². The molecular weight excluding hydrogens is 314 g/mol. The van der Waals surface area contributed by atoms with Crippen molar-refractivity contribution in [1.82, 2.24) is 14.9 Å². The van der Waals surface area contributed by atoms with Gasteiger partial charge < -0.3 is 9.64 Å². The molecule has 0 radical (unpaired) electrons. The average Bonchev–Trinajstić information content (AvgIpc) is 2.58. The standard InChI is InChI=1S/C20H19N3O2/c1-13-5-6-19-17(8-13)18(9-14(2)22-19)20(24)23-11-16(12-23)25-15-4-3-7-21-10-15/h3-10,16H,11-12H2,1-2H3. The van der Waals surface area contributed by atoms with Crippen molar-refractivity contribution in [2.24, 2.45) is 0 Å². The van der Waals surface area contributed by atoms with Gasteiger partial charge in [0.25, 0.3) is 5.91 Å². The Bertz CT molecular complexity index is 934. The summed E-state index contributed by atoms with van der Waals surface area (Å²) in [5, 5.41) is 0.909. The summed E-state index contributed by atoms with van der Waals surface area (Å²) in [6.45, 7) is 5.11. The molecule has 0 unspecified atom stereocenters. The summed E-state index contributed by atoms with van der Waals surface area (Å²) in [5.74, 6) is 0.771. The second kappa shape index (κ2) is 6.16. The number of carbonyl (C=O) groups is 1. The zero-order valence-corrected chi connectivity index (χ0v) is 14.3. The Balaban J connectivity index is 1.53. The Hall–Kier alpha value is -2.95. The zero-order valence-electron chi connectivity index (χ0n) is 14.3. The number of rotatable bonds is 3. The van der Waals surface area contributed by atoms with Gasteiger partial charge in [-0.15, -0.1) is 0 Å². The number of likely N-dealkylation sites (tertiary alicyclic amines) is 1. The van der Waals surface area contributed by atoms with Crippen molar-refractivity contribution in [1.29, 1.82) is 0 Å². The van der Waals surface area contributed by atoms with Crippen LogP contribution in [0.15, 0.2) is 48.8 Å². The van der Waals surface area contributed by atoms with Crippen molar-refractivity contribution < 1.29 is 9.53 Å². The Morgan fingerprint density at radius 3 is 2.80 bits per heavy atom. The number of amides is 1. The van der Waals surface area contributed by atoms with Gasteiger partial charge in [-0.05, 0) is 44.2 Å². The maximum absolute atomic E-state index is 12.9. The van der Waals surface area contributed by atoms with Crippen LogP contribution in [-0.2, 0) is 0 Å². The molecule has 1 aromatic carbocycles. The van der Waals surface area contributed by atoms with Gasteiger partial charge in [0.05, 0.1) is 30.4 Å². The minimum absolute atomic E-state index is 0.0177. The molecule has 3 heterocycles. The SMILES string of the molecule is Cc1ccc2nc(C)cc(C(=O)N3CC(Oc4cccnc4)C3)c2c1. The third kappa shape index (κ3) is 3.05. The van der Waals surface area contributed by atoms with Crippen LogP contribution in [0.25, 0.3) is 10.9 Å². The average molecular weight is 333 g/mol. The number of fused-ring (bicyclic) bond motifs is 1. The van der Waals surface area contributed by atoms with Crippen LogP contribution in [0.4, 0.5) is 0 Å². The first kappa shape index (κ1) is 15.6. The van der Waals surface area contributed by atoms with Crippen molar-refractivity contribution in [3.05, 3.63) is 65.6 Å². The van der Waals surface area contributed by atoms with Crippen molar-refractivity contribution in [2.75, 3.05) is 13.1 Å². The van der Waals surface area contributed by atoms with E-state index < -0.39 is 0 Å². The number of pyridine rings is 2. The largest absolute Gasteiger partial charge is 0.485 e. The number of ether oxygens (including phenoxy) is 1. The molecule has 0 spiro atoms. The van der Waals surface area contributed by atoms with E-state index in [2.05, 4.69) is 9.97 Å². The van der Waals surface area contributed by atoms with Gasteiger partial charge in [0.15, 0.2) is 0 Å². The molecule has 0 bridgehead atoms. The van der Waals surface area contributed by atoms with Crippen LogP contribution in [0, 0.1) is 13.8 Å². The van der Waals surface area contributed by atoms with Gasteiger partial charge in [-0.3, -0.25) is 14.8 Å². The van der Waals surface area contributed by atoms with E-state index in [0.29, 0.717) is 18.7 Å². The number of aromatic nitrogens is 2. The molecule has 4 rings (SSSR count). The highest BCUT2D eigenvalue weighted by molar-refractivity contribution is 6.06. The Kier molecular flexibility index (Phi) is 3.84. The monoisotopic (exact) mass is 333 g/mol. The van der Waals surface area contributed by atoms with Crippen LogP contribution in [-0.4, -0.2) is 40.0 Å². The maximum Gasteiger partial charge on any atom is 0.254 e. The molecule has 1 saturated heterocycles. The highest BCUT2D eigenvalue weighted by atomic mass is 16.5. The van der Waals surface area contributed by atoms with Crippen molar-refractivity contribution >= 4 is 16.8 Å². The quantitative estimate of drug-likeness (QED) is 0.739. The fraction of sp³-hybridized carbons (Fsp3) is 0.250. The molecule has 1 aliphatic rings. The van der Waals surface area contributed by atoms with E-state index in [0.717, 1.165) is 27.9 Å². The molecule has 0 atom stereocenters. The Morgan fingerprint density at radius 2 is 2.04 bits per heavy atom. The summed E-state index contributed by atoms with van der Waals surface area (Å²) in [4.78, 5) is 23.3. The third-order valence-electron chi connectivity index (χ3n) is 4.40. The highest BCUT2D eigenvalue weighted by Gasteiger charge is 2.33. The normalized spacial score (nSPS) is 14.4. The van der Waals surface area contributed by atoms with Gasteiger partial charge in [-0.25, -0.2) is 0 Å². The molecule has 0 aliphatic carbocycles. The summed E-state index contributed by atoms with van der Waals surface area (Å²) in [7, 11) is 0. The maximum atomic E-state index is 12.9. The summed E-state index contributed by atoms with van der Waals surface area (Å²) in [6, 6.07) is 11.6. The van der Waals surface area contributed by atoms with E-state index in [1.165, 1.54) is 0 Å². The molecular formula is C20H19N3O2. The Morgan fingerprint density at radius 1 is 1.20 bits per heavy atom. The lowest BCUT2D eigenvalue weighted by Crippen LogP contribution is -2.56. The zero-order chi connectivity index (χ0) is 17.4. The summed E-state index contributed by atoms with van der Waals surface area (Å²) in [6.07, 6.45) is 3.42. The molecule has 0 N–H and O–H groups in total. The van der Waals surface area contributed by atoms with E-state index >= 15 is 0 Å². The number of carbonyl (C=O) groups excluding carboxylic acids is 1. The molecule has 1 amide bonds. The molecule has 1 fully saturated rings. The van der Waals surface area contributed by atoms with Crippen LogP contribution in [0.3, 0.4) is 0 Å². The smallest absolute Gasteiger partial charge is 0.254 e. The van der Waals surface area contributed by atoms with Gasteiger partial charge >= 0.3 is 0 Å². The molecule has 0 saturated carbocycles. The highest BCUT2D eigenvalue weighted by Crippen LogP contribution is 2.24. The summed E-state index contributed by atoms with van der Waals surface area (Å²) in [5.41, 5.74) is 3.54. The summed E-state index contributed by atoms with van der Waals surface area (Å²) >= 11 is 0. The molecule has 2 aromatic heterocycles. The van der Waals surface area contributed by atoms with E-state index in [9.17, 15) is 4.79 Å². The first-order chi connectivity index (χ1) is 12.1. The van der Waals surface area contributed by atoms with Crippen LogP contribution in [0.1, 0.15) is 21.6 Å². The van der Waals surface area contributed by atoms with E-state index in [1.807, 2.05) is 55.1 Å². The van der Waals surface area contributed by atoms with Gasteiger partial charge in [-0.2, -0.15) is 0 Å². The first-order valence-corrected chi connectivity index (χ1v) is 8.34. The van der Waals surface area contributed by atoms with Crippen LogP contribution in [0.5, 0.6) is 5.75 Å². The topological polar surface area (TPSA) is 55.3 Å². The third-order valence-corrected chi connectivity index (χ3v) is 4.40. The Labute approximate surface area is 146 Å². The lowest BCUT2D eigenvalue weighted by atomic mass is 10.0. The van der Waals surface area contributed by atoms with Crippen LogP contribution >= 0.6 is 0 Å². The van der Waals surface area contributed by atoms with Gasteiger partial charge in [0.1, 0.15) is 11.9 Å². The van der Waals surface area contributed by atoms with Crippen molar-refractivity contribution in [3.8, 4) is 5.75 Å². The molecule has 5 heteroatoms. The lowest BCUT2D eigenvalue weighted by molar-refractivity contribution is 0.0178. The number of nitrogens with zero attached hydrogens (tertiary/aromatic N) is 3. The second-order valence-corrected chi connectivity index (χ2v) is 6.47. The van der Waals surface area contributed by atoms with Crippen molar-refractivity contribution in [3.63, 3.8) is 0 Å². The van der Waals surface area contributed by atoms with Gasteiger partial charge in [-0.1, -0.05) is 11.6 Å². The molecule has 1 aliphatic heterocycles. The fourth-order valence-electron chi connectivity index (χ4n) is 3.11. The number of hydrogen-bond donors (Lipinski definition) is 0. The summed E-state index contributed by atoms with van der Waals surface area (Å²) < 4.78 is 5.83. The van der Waals surface area contributed by atoms with Gasteiger partial charge in [0, 0.05) is 17.3 Å². The van der Waals surface area contributed by atoms with Crippen LogP contribution < -0.4 is 4.74 Å². The minimum Gasteiger partial charge on any atom is -0.485 e. The molecule has 3 aromatic rings. The fourth-order valence-corrected chi connectivity index (χ4v) is 3.11.